The molecule has 0 aromatic heterocycles. The van der Waals surface area contributed by atoms with Crippen LogP contribution < -0.4 is 5.14 Å². The minimum absolute atomic E-state index is 0.125. The lowest BCUT2D eigenvalue weighted by molar-refractivity contribution is 0.468. The summed E-state index contributed by atoms with van der Waals surface area (Å²) in [6, 6.07) is 0. The summed E-state index contributed by atoms with van der Waals surface area (Å²) in [5.74, 6) is 0. The van der Waals surface area contributed by atoms with Gasteiger partial charge < -0.3 is 4.55 Å². The Labute approximate surface area is 66.5 Å². The highest BCUT2D eigenvalue weighted by molar-refractivity contribution is 7.90. The first kappa shape index (κ1) is 10.3. The quantitative estimate of drug-likeness (QED) is 0.640. The average Bonchev–Trinajstić information content (AvgIpc) is 1.92. The van der Waals surface area contributed by atoms with E-state index in [0.29, 0.717) is 0 Å². The molecule has 0 bridgehead atoms. The van der Waals surface area contributed by atoms with Gasteiger partial charge in [-0.2, -0.15) is 5.14 Å². The maximum atomic E-state index is 11.0. The van der Waals surface area contributed by atoms with Gasteiger partial charge in [0, 0.05) is 11.4 Å². The third-order valence-electron chi connectivity index (χ3n) is 2.36. The molecular weight excluding hydrogens is 146 g/mol. The van der Waals surface area contributed by atoms with E-state index in [1.54, 1.807) is 0 Å². The summed E-state index contributed by atoms with van der Waals surface area (Å²) < 4.78 is 10.9. The fraction of sp³-hybridized carbons (Fsp3) is 1.00. The van der Waals surface area contributed by atoms with Crippen LogP contribution in [-0.4, -0.2) is 9.30 Å². The fourth-order valence-corrected chi connectivity index (χ4v) is 2.03. The molecule has 0 heterocycles. The summed E-state index contributed by atoms with van der Waals surface area (Å²) in [7, 11) is 0. The molecule has 3 heteroatoms. The van der Waals surface area contributed by atoms with Crippen molar-refractivity contribution in [1.29, 1.82) is 0 Å². The normalized spacial score (nSPS) is 15.3. The Morgan fingerprint density at radius 1 is 1.20 bits per heavy atom. The molecule has 0 saturated carbocycles. The molecule has 0 spiro atoms. The molecule has 0 aromatic carbocycles. The summed E-state index contributed by atoms with van der Waals surface area (Å²) in [4.78, 5) is 0. The predicted molar refractivity (Wildman–Crippen MR) is 45.9 cm³/mol. The smallest absolute Gasteiger partial charge is 0.144 e. The summed E-state index contributed by atoms with van der Waals surface area (Å²) in [6.45, 7) is 6.12. The van der Waals surface area contributed by atoms with Crippen molar-refractivity contribution in [1.82, 2.24) is 0 Å². The van der Waals surface area contributed by atoms with E-state index in [0.717, 1.165) is 19.3 Å². The molecule has 0 saturated heterocycles. The van der Waals surface area contributed by atoms with Crippen molar-refractivity contribution in [2.24, 2.45) is 5.14 Å². The summed E-state index contributed by atoms with van der Waals surface area (Å²) >= 11 is -1.16. The Bertz CT molecular complexity index is 83.3. The molecule has 1 unspecified atom stereocenters. The molecule has 0 radical (unpaired) electrons. The van der Waals surface area contributed by atoms with Crippen molar-refractivity contribution in [3.05, 3.63) is 0 Å². The van der Waals surface area contributed by atoms with Crippen LogP contribution in [0.15, 0.2) is 0 Å². The lowest BCUT2D eigenvalue weighted by Crippen LogP contribution is -2.41. The lowest BCUT2D eigenvalue weighted by atomic mass is 9.99. The highest BCUT2D eigenvalue weighted by atomic mass is 32.2. The van der Waals surface area contributed by atoms with Crippen molar-refractivity contribution >= 4 is 11.4 Å². The SMILES string of the molecule is CCC(CC)(CC)[S+](N)[O-]. The van der Waals surface area contributed by atoms with E-state index in [-0.39, 0.29) is 4.75 Å². The van der Waals surface area contributed by atoms with Gasteiger partial charge in [0.1, 0.15) is 4.75 Å². The molecule has 0 rings (SSSR count). The standard InChI is InChI=1S/C7H17NOS/c1-4-7(5-2,6-3)10(8)9/h4-6,8H2,1-3H3. The highest BCUT2D eigenvalue weighted by Crippen LogP contribution is 2.26. The summed E-state index contributed by atoms with van der Waals surface area (Å²) in [5, 5.41) is 5.38. The van der Waals surface area contributed by atoms with Crippen LogP contribution in [0.1, 0.15) is 40.0 Å². The average molecular weight is 163 g/mol. The largest absolute Gasteiger partial charge is 0.598 e. The number of hydrogen-bond donors (Lipinski definition) is 1. The van der Waals surface area contributed by atoms with Gasteiger partial charge in [0.25, 0.3) is 0 Å². The molecule has 2 nitrogen and oxygen atoms in total. The van der Waals surface area contributed by atoms with Gasteiger partial charge in [-0.25, -0.2) is 0 Å². The number of rotatable bonds is 4. The maximum Gasteiger partial charge on any atom is 0.144 e. The summed E-state index contributed by atoms with van der Waals surface area (Å²) in [6.07, 6.45) is 2.72. The Morgan fingerprint density at radius 3 is 1.50 bits per heavy atom. The van der Waals surface area contributed by atoms with Gasteiger partial charge in [-0.05, 0) is 19.3 Å². The molecule has 0 aliphatic heterocycles. The van der Waals surface area contributed by atoms with Gasteiger partial charge in [-0.15, -0.1) is 0 Å². The molecule has 10 heavy (non-hydrogen) atoms. The van der Waals surface area contributed by atoms with E-state index in [4.69, 9.17) is 5.14 Å². The van der Waals surface area contributed by atoms with Crippen molar-refractivity contribution in [3.8, 4) is 0 Å². The Morgan fingerprint density at radius 2 is 1.50 bits per heavy atom. The Balaban J connectivity index is 4.15. The van der Waals surface area contributed by atoms with Gasteiger partial charge in [0.15, 0.2) is 0 Å². The van der Waals surface area contributed by atoms with Crippen LogP contribution >= 0.6 is 0 Å². The molecule has 62 valence electrons. The molecular formula is C7H17NOS. The van der Waals surface area contributed by atoms with Gasteiger partial charge in [-0.3, -0.25) is 0 Å². The van der Waals surface area contributed by atoms with Gasteiger partial charge >= 0.3 is 0 Å². The molecule has 0 aliphatic carbocycles. The van der Waals surface area contributed by atoms with E-state index in [1.165, 1.54) is 0 Å². The van der Waals surface area contributed by atoms with Crippen LogP contribution in [0, 0.1) is 0 Å². The molecule has 0 aromatic rings. The second-order valence-electron chi connectivity index (χ2n) is 2.54. The monoisotopic (exact) mass is 163 g/mol. The minimum atomic E-state index is -1.16. The van der Waals surface area contributed by atoms with Crippen LogP contribution in [0.4, 0.5) is 0 Å². The zero-order valence-electron chi connectivity index (χ0n) is 7.02. The van der Waals surface area contributed by atoms with Crippen LogP contribution in [0.3, 0.4) is 0 Å². The van der Waals surface area contributed by atoms with Gasteiger partial charge in [0.05, 0.1) is 0 Å². The minimum Gasteiger partial charge on any atom is -0.598 e. The third-order valence-corrected chi connectivity index (χ3v) is 4.08. The molecule has 0 aliphatic rings. The topological polar surface area (TPSA) is 49.1 Å². The number of hydrogen-bond acceptors (Lipinski definition) is 2. The van der Waals surface area contributed by atoms with Gasteiger partial charge in [0.2, 0.25) is 0 Å². The maximum absolute atomic E-state index is 11.0. The predicted octanol–water partition coefficient (Wildman–Crippen LogP) is 1.58. The van der Waals surface area contributed by atoms with Crippen LogP contribution in [0.25, 0.3) is 0 Å². The van der Waals surface area contributed by atoms with E-state index in [2.05, 4.69) is 0 Å². The third kappa shape index (κ3) is 1.87. The first-order valence-corrected chi connectivity index (χ1v) is 5.00. The van der Waals surface area contributed by atoms with Crippen molar-refractivity contribution in [2.45, 2.75) is 44.8 Å². The zero-order valence-corrected chi connectivity index (χ0v) is 7.83. The van der Waals surface area contributed by atoms with Crippen LogP contribution in [0.2, 0.25) is 0 Å². The molecule has 2 N–H and O–H groups in total. The summed E-state index contributed by atoms with van der Waals surface area (Å²) in [5.41, 5.74) is 0. The van der Waals surface area contributed by atoms with Crippen molar-refractivity contribution in [3.63, 3.8) is 0 Å². The first-order valence-electron chi connectivity index (χ1n) is 3.79. The fourth-order valence-electron chi connectivity index (χ4n) is 1.18. The van der Waals surface area contributed by atoms with Gasteiger partial charge in [-0.1, -0.05) is 20.8 Å². The number of nitrogens with two attached hydrogens (primary N) is 1. The highest BCUT2D eigenvalue weighted by Gasteiger charge is 2.35. The zero-order chi connectivity index (χ0) is 8.20. The molecule has 0 fully saturated rings. The van der Waals surface area contributed by atoms with Crippen molar-refractivity contribution in [2.75, 3.05) is 0 Å². The molecule has 0 amide bonds. The van der Waals surface area contributed by atoms with E-state index >= 15 is 0 Å². The second-order valence-corrected chi connectivity index (χ2v) is 4.00. The Hall–Kier alpha value is 0.270. The first-order chi connectivity index (χ1) is 4.63. The van der Waals surface area contributed by atoms with Crippen molar-refractivity contribution < 1.29 is 4.55 Å². The van der Waals surface area contributed by atoms with E-state index < -0.39 is 11.4 Å². The van der Waals surface area contributed by atoms with Crippen LogP contribution in [-0.2, 0) is 11.4 Å². The Kier molecular flexibility index (Phi) is 4.32. The molecule has 1 atom stereocenters. The lowest BCUT2D eigenvalue weighted by Gasteiger charge is -2.28. The van der Waals surface area contributed by atoms with Crippen LogP contribution in [0.5, 0.6) is 0 Å². The van der Waals surface area contributed by atoms with E-state index in [9.17, 15) is 4.55 Å². The second kappa shape index (κ2) is 4.21. The van der Waals surface area contributed by atoms with E-state index in [1.807, 2.05) is 20.8 Å².